The first-order valence-corrected chi connectivity index (χ1v) is 25.6. The average molecular weight is 929 g/mol. The molecule has 4 aliphatic heterocycles. The highest BCUT2D eigenvalue weighted by molar-refractivity contribution is 7.57. The Balaban J connectivity index is 0.949. The molecule has 17 heteroatoms. The molecule has 1 aliphatic carbocycles. The maximum atomic E-state index is 16.7. The van der Waals surface area contributed by atoms with Crippen molar-refractivity contribution in [2.24, 2.45) is 0 Å². The lowest BCUT2D eigenvalue weighted by Crippen LogP contribution is -2.59. The molecule has 0 radical (unpaired) electrons. The summed E-state index contributed by atoms with van der Waals surface area (Å²) in [5.41, 5.74) is 0.974. The number of carbonyl (C=O) groups is 4. The fourth-order valence-electron chi connectivity index (χ4n) is 10.4. The second-order valence-corrected chi connectivity index (χ2v) is 21.4. The zero-order chi connectivity index (χ0) is 45.3. The van der Waals surface area contributed by atoms with E-state index < -0.39 is 43.4 Å². The first kappa shape index (κ1) is 45.4. The quantitative estimate of drug-likeness (QED) is 0.0962. The molecule has 1 saturated carbocycles. The Bertz CT molecular complexity index is 2420. The first-order chi connectivity index (χ1) is 31.4. The van der Waals surface area contributed by atoms with Crippen molar-refractivity contribution in [3.63, 3.8) is 0 Å². The lowest BCUT2D eigenvalue weighted by molar-refractivity contribution is -0.148. The number of halogens is 1. The molecule has 4 saturated heterocycles. The van der Waals surface area contributed by atoms with Crippen LogP contribution in [0.2, 0.25) is 0 Å². The Morgan fingerprint density at radius 1 is 1.02 bits per heavy atom. The normalized spacial score (nSPS) is 26.1. The van der Waals surface area contributed by atoms with Gasteiger partial charge >= 0.3 is 13.5 Å². The number of rotatable bonds is 14. The van der Waals surface area contributed by atoms with Crippen LogP contribution >= 0.6 is 18.9 Å². The molecule has 5 fully saturated rings. The maximum absolute atomic E-state index is 16.7. The first-order valence-electron chi connectivity index (χ1n) is 23.1. The van der Waals surface area contributed by atoms with Crippen LogP contribution in [0.25, 0.3) is 10.1 Å². The number of ether oxygens (including phenoxy) is 2. The summed E-state index contributed by atoms with van der Waals surface area (Å²) in [5.74, 6) is -3.21. The zero-order valence-electron chi connectivity index (χ0n) is 36.9. The van der Waals surface area contributed by atoms with Crippen LogP contribution in [0.5, 0.6) is 5.75 Å². The topological polar surface area (TPSA) is 160 Å². The molecule has 8 atom stereocenters. The Hall–Kier alpha value is -4.73. The summed E-state index contributed by atoms with van der Waals surface area (Å²) in [7, 11) is -4.47. The zero-order valence-corrected chi connectivity index (χ0v) is 38.7. The fraction of sp³-hybridized carbons (Fsp3) is 0.521. The number of para-hydroxylation sites is 1. The van der Waals surface area contributed by atoms with Crippen molar-refractivity contribution >= 4 is 52.6 Å². The predicted molar refractivity (Wildman–Crippen MR) is 244 cm³/mol. The minimum atomic E-state index is -4.47. The van der Waals surface area contributed by atoms with Crippen LogP contribution in [-0.2, 0) is 28.4 Å². The van der Waals surface area contributed by atoms with E-state index >= 15 is 4.39 Å². The second-order valence-electron chi connectivity index (χ2n) is 18.3. The molecule has 6 heterocycles. The van der Waals surface area contributed by atoms with Crippen molar-refractivity contribution in [3.05, 3.63) is 95.1 Å². The monoisotopic (exact) mass is 928 g/mol. The van der Waals surface area contributed by atoms with Gasteiger partial charge in [-0.1, -0.05) is 37.3 Å². The summed E-state index contributed by atoms with van der Waals surface area (Å²) in [5, 5.41) is 6.23. The molecule has 9 rings (SSSR count). The molecule has 346 valence electrons. The van der Waals surface area contributed by atoms with E-state index in [0.717, 1.165) is 44.3 Å². The molecular weight excluding hydrogens is 871 g/mol. The summed E-state index contributed by atoms with van der Waals surface area (Å²) in [6.07, 6.45) is 10.2. The van der Waals surface area contributed by atoms with Crippen LogP contribution in [0, 0.1) is 0 Å². The number of carbonyl (C=O) groups excluding carboxylic acids is 4. The van der Waals surface area contributed by atoms with Crippen LogP contribution in [0.4, 0.5) is 4.39 Å². The predicted octanol–water partition coefficient (Wildman–Crippen LogP) is 7.36. The van der Waals surface area contributed by atoms with Gasteiger partial charge in [0.15, 0.2) is 0 Å². The van der Waals surface area contributed by atoms with Gasteiger partial charge in [-0.25, -0.2) is 9.48 Å². The van der Waals surface area contributed by atoms with Crippen molar-refractivity contribution in [1.82, 2.24) is 30.1 Å². The number of hydrogen-bond acceptors (Lipinski definition) is 11. The van der Waals surface area contributed by atoms with E-state index in [1.54, 1.807) is 48.7 Å². The third-order valence-electron chi connectivity index (χ3n) is 13.9. The molecule has 2 N–H and O–H groups in total. The SMILES string of the molecule is CCCOC(=O)[C@H](C)N[P@](=O)(Oc1ccccc1)[C@H](F)c1ccc2sc(C(=O)N[C@H]3CC[C@H](N4CCOCC4)C[C@H]4CC[C@@H](C(=O)N5C[C@@H](c6cccnc6)CC56CC6)N4C3=O)cc2c1. The van der Waals surface area contributed by atoms with Gasteiger partial charge in [0.25, 0.3) is 5.91 Å². The number of pyridine rings is 1. The standard InChI is InChI=1S/C48H58FN6O8PS/c1-3-22-62-47(59)31(2)52-64(60,63-38-9-5-4-6-10-38)43(49)32-11-16-41-34(25-32)26-42(65-41)44(56)51-39-14-12-36(53-20-23-61-24-21-53)27-37-13-15-40(55(37)45(39)57)46(58)54-30-35(28-48(54)17-18-48)33-8-7-19-50-29-33/h4-11,16,19,25-26,29,31,35-37,39-40,43H,3,12-15,17-18,20-24,27-28,30H2,1-2H3,(H,51,56)(H,52,60)/t31-,35-,36-,37+,39-,40-,43-,64+/m0/s1. The van der Waals surface area contributed by atoms with Gasteiger partial charge < -0.3 is 29.1 Å². The van der Waals surface area contributed by atoms with Gasteiger partial charge in [0.2, 0.25) is 17.7 Å². The molecule has 3 amide bonds. The smallest absolute Gasteiger partial charge is 0.355 e. The number of amides is 3. The molecule has 0 unspecified atom stereocenters. The van der Waals surface area contributed by atoms with E-state index in [1.165, 1.54) is 30.4 Å². The summed E-state index contributed by atoms with van der Waals surface area (Å²) in [6.45, 7) is 6.90. The number of alkyl halides is 1. The van der Waals surface area contributed by atoms with Gasteiger partial charge in [-0.15, -0.1) is 11.3 Å². The molecule has 65 heavy (non-hydrogen) atoms. The number of fused-ring (bicyclic) bond motifs is 2. The summed E-state index contributed by atoms with van der Waals surface area (Å²) < 4.78 is 48.5. The van der Waals surface area contributed by atoms with E-state index in [9.17, 15) is 23.7 Å². The third-order valence-corrected chi connectivity index (χ3v) is 17.1. The highest BCUT2D eigenvalue weighted by Crippen LogP contribution is 2.58. The molecular formula is C48H58FN6O8PS. The van der Waals surface area contributed by atoms with Gasteiger partial charge in [-0.2, -0.15) is 0 Å². The number of likely N-dealkylation sites (tertiary alicyclic amines) is 1. The van der Waals surface area contributed by atoms with Crippen molar-refractivity contribution < 1.29 is 42.1 Å². The molecule has 14 nitrogen and oxygen atoms in total. The van der Waals surface area contributed by atoms with Crippen molar-refractivity contribution in [3.8, 4) is 5.75 Å². The van der Waals surface area contributed by atoms with Crippen LogP contribution < -0.4 is 14.9 Å². The fourth-order valence-corrected chi connectivity index (χ4v) is 13.2. The van der Waals surface area contributed by atoms with Crippen LogP contribution in [0.1, 0.15) is 104 Å². The Kier molecular flexibility index (Phi) is 13.4. The van der Waals surface area contributed by atoms with E-state index in [2.05, 4.69) is 31.3 Å². The van der Waals surface area contributed by atoms with Gasteiger partial charge in [0, 0.05) is 60.3 Å². The molecule has 1 spiro atoms. The van der Waals surface area contributed by atoms with E-state index in [4.69, 9.17) is 14.0 Å². The van der Waals surface area contributed by atoms with Crippen molar-refractivity contribution in [1.29, 1.82) is 0 Å². The van der Waals surface area contributed by atoms with Crippen molar-refractivity contribution in [2.75, 3.05) is 39.5 Å². The molecule has 0 bridgehead atoms. The summed E-state index contributed by atoms with van der Waals surface area (Å²) in [4.78, 5) is 67.6. The number of thiophene rings is 1. The number of aromatic nitrogens is 1. The second kappa shape index (κ2) is 19.2. The largest absolute Gasteiger partial charge is 0.465 e. The van der Waals surface area contributed by atoms with Crippen molar-refractivity contribution in [2.45, 2.75) is 119 Å². The highest BCUT2D eigenvalue weighted by atomic mass is 32.1. The van der Waals surface area contributed by atoms with Crippen LogP contribution in [0.3, 0.4) is 0 Å². The van der Waals surface area contributed by atoms with Gasteiger partial charge in [-0.05, 0) is 118 Å². The number of nitrogens with one attached hydrogen (secondary N) is 2. The van der Waals surface area contributed by atoms with Gasteiger partial charge in [0.05, 0.1) is 24.7 Å². The number of hydrogen-bond donors (Lipinski definition) is 2. The lowest BCUT2D eigenvalue weighted by Gasteiger charge is -2.42. The van der Waals surface area contributed by atoms with E-state index in [-0.39, 0.29) is 53.3 Å². The molecule has 5 aliphatic rings. The van der Waals surface area contributed by atoms with Gasteiger partial charge in [0.1, 0.15) is 23.9 Å². The molecule has 2 aromatic heterocycles. The third kappa shape index (κ3) is 9.60. The highest BCUT2D eigenvalue weighted by Gasteiger charge is 2.59. The Morgan fingerprint density at radius 3 is 2.54 bits per heavy atom. The van der Waals surface area contributed by atoms with E-state index in [0.29, 0.717) is 66.8 Å². The number of benzene rings is 2. The minimum Gasteiger partial charge on any atom is -0.465 e. The summed E-state index contributed by atoms with van der Waals surface area (Å²) in [6, 6.07) is 15.9. The van der Waals surface area contributed by atoms with Crippen LogP contribution in [-0.4, -0.2) is 119 Å². The number of morpholine rings is 1. The maximum Gasteiger partial charge on any atom is 0.355 e. The lowest BCUT2D eigenvalue weighted by atomic mass is 9.93. The van der Waals surface area contributed by atoms with Gasteiger partial charge in [-0.3, -0.25) is 33.6 Å². The molecule has 2 aromatic carbocycles. The molecule has 4 aromatic rings. The summed E-state index contributed by atoms with van der Waals surface area (Å²) >= 11 is 1.20. The average Bonchev–Trinajstić information content (AvgIpc) is 3.60. The number of esters is 1. The van der Waals surface area contributed by atoms with E-state index in [1.807, 2.05) is 24.1 Å². The Morgan fingerprint density at radius 2 is 1.80 bits per heavy atom. The van der Waals surface area contributed by atoms with Crippen LogP contribution in [0.15, 0.2) is 79.1 Å². The number of nitrogens with zero attached hydrogens (tertiary/aromatic N) is 4. The minimum absolute atomic E-state index is 0.00425. The Labute approximate surface area is 383 Å².